The fourth-order valence-corrected chi connectivity index (χ4v) is 4.70. The largest absolute Gasteiger partial charge is 0.316 e. The number of nitrogens with zero attached hydrogens (tertiary/aromatic N) is 4. The molecule has 0 aliphatic heterocycles. The highest BCUT2D eigenvalue weighted by molar-refractivity contribution is 7.99. The van der Waals surface area contributed by atoms with Crippen molar-refractivity contribution in [3.8, 4) is 12.1 Å². The normalized spacial score (nSPS) is 11.4. The number of rotatable bonds is 8. The van der Waals surface area contributed by atoms with E-state index < -0.39 is 0 Å². The molecule has 0 spiro atoms. The van der Waals surface area contributed by atoms with Crippen LogP contribution in [0.2, 0.25) is 0 Å². The van der Waals surface area contributed by atoms with Crippen molar-refractivity contribution in [1.82, 2.24) is 4.57 Å². The summed E-state index contributed by atoms with van der Waals surface area (Å²) < 4.78 is 3.32. The van der Waals surface area contributed by atoms with Crippen molar-refractivity contribution < 1.29 is 5.32 Å². The fourth-order valence-electron chi connectivity index (χ4n) is 2.75. The van der Waals surface area contributed by atoms with Crippen LogP contribution in [0.4, 0.5) is 5.69 Å². The van der Waals surface area contributed by atoms with Crippen LogP contribution >= 0.6 is 23.1 Å². The van der Waals surface area contributed by atoms with Crippen molar-refractivity contribution in [3.05, 3.63) is 53.3 Å². The molecular weight excluding hydrogens is 374 g/mol. The standard InChI is InChI=1S/C20H19N5S2/c21-11-5-13-23-16-7-1-3-9-18(16)26-15-24-20-25(14-6-12-22)17-8-2-4-10-19(17)27-20/h1-4,7-10,23H,5-6,13-15H2/p+1/b24-20-. The summed E-state index contributed by atoms with van der Waals surface area (Å²) in [4.78, 5) is 6.92. The van der Waals surface area contributed by atoms with E-state index in [1.165, 1.54) is 9.60 Å². The molecule has 27 heavy (non-hydrogen) atoms. The molecule has 0 bridgehead atoms. The van der Waals surface area contributed by atoms with Crippen LogP contribution in [0, 0.1) is 22.7 Å². The molecule has 0 saturated carbocycles. The summed E-state index contributed by atoms with van der Waals surface area (Å²) in [5, 5.41) is 19.8. The van der Waals surface area contributed by atoms with Gasteiger partial charge < -0.3 is 9.88 Å². The molecule has 1 heterocycles. The van der Waals surface area contributed by atoms with E-state index in [9.17, 15) is 0 Å². The average molecular weight is 395 g/mol. The predicted molar refractivity (Wildman–Crippen MR) is 109 cm³/mol. The third-order valence-corrected chi connectivity index (χ3v) is 6.03. The van der Waals surface area contributed by atoms with Gasteiger partial charge in [-0.05, 0) is 18.2 Å². The number of aromatic nitrogens is 1. The first-order chi connectivity index (χ1) is 13.3. The number of benzene rings is 2. The summed E-state index contributed by atoms with van der Waals surface area (Å²) in [5.74, 6) is 0.614. The minimum absolute atomic E-state index is 0.470. The van der Waals surface area contributed by atoms with Gasteiger partial charge in [-0.3, -0.25) is 0 Å². The van der Waals surface area contributed by atoms with Crippen molar-refractivity contribution in [2.45, 2.75) is 24.3 Å². The molecule has 0 aliphatic rings. The second kappa shape index (κ2) is 9.94. The first-order valence-corrected chi connectivity index (χ1v) is 10.5. The molecule has 0 fully saturated rings. The zero-order valence-electron chi connectivity index (χ0n) is 14.8. The van der Waals surface area contributed by atoms with Crippen LogP contribution in [-0.4, -0.2) is 17.0 Å². The highest BCUT2D eigenvalue weighted by Crippen LogP contribution is 2.24. The lowest BCUT2D eigenvalue weighted by Gasteiger charge is -2.05. The summed E-state index contributed by atoms with van der Waals surface area (Å²) in [5.41, 5.74) is 2.29. The Morgan fingerprint density at radius 1 is 1.04 bits per heavy atom. The summed E-state index contributed by atoms with van der Waals surface area (Å²) in [6.45, 7) is 1.41. The van der Waals surface area contributed by atoms with Crippen LogP contribution in [0.15, 0.2) is 58.4 Å². The van der Waals surface area contributed by atoms with Gasteiger partial charge in [0, 0.05) is 12.6 Å². The molecule has 3 aromatic rings. The van der Waals surface area contributed by atoms with Gasteiger partial charge in [0.1, 0.15) is 5.69 Å². The molecule has 1 aromatic heterocycles. The molecule has 5 nitrogen and oxygen atoms in total. The molecule has 0 aliphatic carbocycles. The maximum Gasteiger partial charge on any atom is 0.186 e. The quantitative estimate of drug-likeness (QED) is 0.361. The lowest BCUT2D eigenvalue weighted by atomic mass is 10.3. The molecule has 0 saturated heterocycles. The zero-order valence-corrected chi connectivity index (χ0v) is 16.5. The van der Waals surface area contributed by atoms with Crippen LogP contribution in [0.3, 0.4) is 0 Å². The van der Waals surface area contributed by atoms with Gasteiger partial charge in [-0.2, -0.15) is 10.5 Å². The number of hydrogen-bond donors (Lipinski definition) is 1. The number of para-hydroxylation sites is 2. The second-order valence-corrected chi connectivity index (χ2v) is 7.78. The van der Waals surface area contributed by atoms with Crippen molar-refractivity contribution in [2.75, 3.05) is 12.4 Å². The van der Waals surface area contributed by atoms with Crippen molar-refractivity contribution in [3.63, 3.8) is 0 Å². The summed E-state index contributed by atoms with van der Waals surface area (Å²) in [6, 6.07) is 20.8. The van der Waals surface area contributed by atoms with Gasteiger partial charge in [-0.25, -0.2) is 4.99 Å². The van der Waals surface area contributed by atoms with E-state index in [4.69, 9.17) is 15.5 Å². The third kappa shape index (κ3) is 4.99. The number of quaternary nitrogens is 1. The fraction of sp³-hybridized carbons (Fsp3) is 0.250. The smallest absolute Gasteiger partial charge is 0.186 e. The van der Waals surface area contributed by atoms with Gasteiger partial charge in [0.25, 0.3) is 0 Å². The van der Waals surface area contributed by atoms with Gasteiger partial charge in [0.2, 0.25) is 0 Å². The predicted octanol–water partition coefficient (Wildman–Crippen LogP) is 3.38. The molecule has 2 aromatic carbocycles. The van der Waals surface area contributed by atoms with E-state index in [0.29, 0.717) is 25.3 Å². The summed E-state index contributed by atoms with van der Waals surface area (Å²) >= 11 is 3.35. The molecule has 0 atom stereocenters. The van der Waals surface area contributed by atoms with E-state index in [-0.39, 0.29) is 0 Å². The lowest BCUT2D eigenvalue weighted by molar-refractivity contribution is -0.572. The van der Waals surface area contributed by atoms with E-state index in [1.807, 2.05) is 24.3 Å². The average Bonchev–Trinajstić information content (AvgIpc) is 3.05. The molecule has 7 heteroatoms. The molecule has 2 N–H and O–H groups in total. The zero-order chi connectivity index (χ0) is 18.9. The van der Waals surface area contributed by atoms with Crippen molar-refractivity contribution >= 4 is 39.0 Å². The Balaban J connectivity index is 1.79. The Hall–Kier alpha value is -2.58. The van der Waals surface area contributed by atoms with E-state index in [1.54, 1.807) is 23.1 Å². The Bertz CT molecular complexity index is 1050. The third-order valence-electron chi connectivity index (χ3n) is 3.99. The minimum Gasteiger partial charge on any atom is -0.316 e. The number of aryl methyl sites for hydroxylation is 1. The van der Waals surface area contributed by atoms with Gasteiger partial charge in [-0.1, -0.05) is 47.4 Å². The molecule has 0 radical (unpaired) electrons. The SMILES string of the molecule is N#CCC[NH2+]c1ccccc1SC/N=c1\sc2ccccc2n1CCC#N. The maximum absolute atomic E-state index is 8.95. The van der Waals surface area contributed by atoms with Gasteiger partial charge >= 0.3 is 0 Å². The van der Waals surface area contributed by atoms with Crippen LogP contribution in [0.1, 0.15) is 12.8 Å². The molecule has 3 rings (SSSR count). The van der Waals surface area contributed by atoms with Crippen LogP contribution < -0.4 is 10.1 Å². The van der Waals surface area contributed by atoms with Crippen LogP contribution in [0.5, 0.6) is 0 Å². The Morgan fingerprint density at radius 3 is 2.67 bits per heavy atom. The number of fused-ring (bicyclic) bond motifs is 1. The van der Waals surface area contributed by atoms with Crippen molar-refractivity contribution in [1.29, 1.82) is 10.5 Å². The number of thioether (sulfide) groups is 1. The van der Waals surface area contributed by atoms with Crippen LogP contribution in [-0.2, 0) is 6.54 Å². The number of hydrogen-bond acceptors (Lipinski definition) is 5. The second-order valence-electron chi connectivity index (χ2n) is 5.78. The Labute approximate surface area is 166 Å². The van der Waals surface area contributed by atoms with Crippen LogP contribution in [0.25, 0.3) is 10.2 Å². The highest BCUT2D eigenvalue weighted by Gasteiger charge is 2.07. The number of nitrogens with two attached hydrogens (primary N) is 1. The van der Waals surface area contributed by atoms with E-state index >= 15 is 0 Å². The highest BCUT2D eigenvalue weighted by atomic mass is 32.2. The first-order valence-electron chi connectivity index (χ1n) is 8.71. The van der Waals surface area contributed by atoms with Gasteiger partial charge in [-0.15, -0.1) is 0 Å². The van der Waals surface area contributed by atoms with Crippen molar-refractivity contribution in [2.24, 2.45) is 4.99 Å². The van der Waals surface area contributed by atoms with E-state index in [2.05, 4.69) is 46.3 Å². The minimum atomic E-state index is 0.470. The first kappa shape index (κ1) is 19.2. The number of nitriles is 2. The van der Waals surface area contributed by atoms with Gasteiger partial charge in [0.05, 0.1) is 52.5 Å². The Kier molecular flexibility index (Phi) is 7.06. The van der Waals surface area contributed by atoms with E-state index in [0.717, 1.165) is 22.6 Å². The summed E-state index contributed by atoms with van der Waals surface area (Å²) in [6.07, 6.45) is 1.00. The monoisotopic (exact) mass is 394 g/mol. The topological polar surface area (TPSA) is 81.5 Å². The van der Waals surface area contributed by atoms with Gasteiger partial charge in [0.15, 0.2) is 4.80 Å². The lowest BCUT2D eigenvalue weighted by Crippen LogP contribution is -2.78. The molecular formula is C20H20N5S2+. The summed E-state index contributed by atoms with van der Waals surface area (Å²) in [7, 11) is 0. The maximum atomic E-state index is 8.95. The molecule has 0 unspecified atom stereocenters. The molecule has 136 valence electrons. The number of thiazole rings is 1. The molecule has 0 amide bonds. The Morgan fingerprint density at radius 2 is 1.81 bits per heavy atom.